The zero-order valence-corrected chi connectivity index (χ0v) is 18.1. The van der Waals surface area contributed by atoms with E-state index in [1.165, 1.54) is 103 Å². The van der Waals surface area contributed by atoms with Crippen molar-refractivity contribution in [1.82, 2.24) is 0 Å². The van der Waals surface area contributed by atoms with E-state index in [2.05, 4.69) is 6.92 Å². The predicted molar refractivity (Wildman–Crippen MR) is 109 cm³/mol. The fraction of sp³-hybridized carbons (Fsp3) is 1.00. The van der Waals surface area contributed by atoms with Gasteiger partial charge in [-0.25, -0.2) is 0 Å². The van der Waals surface area contributed by atoms with E-state index in [0.717, 1.165) is 13.0 Å². The minimum atomic E-state index is -1.82. The number of hydrogen-bond donors (Lipinski definition) is 0. The van der Waals surface area contributed by atoms with E-state index in [-0.39, 0.29) is 0 Å². The quantitative estimate of drug-likeness (QED) is 0.125. The average Bonchev–Trinajstić information content (AvgIpc) is 2.53. The summed E-state index contributed by atoms with van der Waals surface area (Å²) < 4.78 is 5.24. The first-order valence-corrected chi connectivity index (χ1v) is 14.1. The molecule has 0 spiro atoms. The van der Waals surface area contributed by atoms with E-state index in [1.807, 2.05) is 0 Å². The van der Waals surface area contributed by atoms with Crippen molar-refractivity contribution in [2.45, 2.75) is 116 Å². The van der Waals surface area contributed by atoms with Crippen molar-refractivity contribution in [1.29, 1.82) is 0 Å². The van der Waals surface area contributed by atoms with Gasteiger partial charge in [0.2, 0.25) is 0 Å². The van der Waals surface area contributed by atoms with Crippen LogP contribution in [-0.4, -0.2) is 14.3 Å². The Morgan fingerprint density at radius 3 is 1.13 bits per heavy atom. The molecule has 0 rings (SSSR count). The molecule has 0 atom stereocenters. The first kappa shape index (κ1) is 23.8. The third kappa shape index (κ3) is 22.8. The minimum Gasteiger partial charge on any atom is -0.395 e. The van der Waals surface area contributed by atoms with Gasteiger partial charge in [-0.3, -0.25) is 0 Å². The van der Waals surface area contributed by atoms with Crippen molar-refractivity contribution >= 4 is 29.8 Å². The summed E-state index contributed by atoms with van der Waals surface area (Å²) in [6, 6.07) is 0. The molecule has 23 heavy (non-hydrogen) atoms. The Labute approximate surface area is 157 Å². The third-order valence-corrected chi connectivity index (χ3v) is 5.74. The first-order valence-electron chi connectivity index (χ1n) is 10.2. The molecule has 0 aliphatic rings. The van der Waals surface area contributed by atoms with Crippen LogP contribution in [0.3, 0.4) is 0 Å². The highest BCUT2D eigenvalue weighted by Crippen LogP contribution is 2.14. The Balaban J connectivity index is 2.95. The van der Waals surface area contributed by atoms with Crippen LogP contribution in [0.2, 0.25) is 0 Å². The highest BCUT2D eigenvalue weighted by atomic mass is 35.7. The van der Waals surface area contributed by atoms with Gasteiger partial charge in [0.1, 0.15) is 0 Å². The van der Waals surface area contributed by atoms with Gasteiger partial charge < -0.3 is 4.43 Å². The molecule has 0 saturated heterocycles. The van der Waals surface area contributed by atoms with E-state index in [1.54, 1.807) is 0 Å². The second kappa shape index (κ2) is 20.8. The molecule has 0 heterocycles. The van der Waals surface area contributed by atoms with Crippen molar-refractivity contribution < 1.29 is 4.43 Å². The van der Waals surface area contributed by atoms with Gasteiger partial charge in [-0.1, -0.05) is 110 Å². The molecule has 0 fully saturated rings. The normalized spacial score (nSPS) is 11.5. The smallest absolute Gasteiger partial charge is 0.373 e. The lowest BCUT2D eigenvalue weighted by Gasteiger charge is -2.04. The van der Waals surface area contributed by atoms with Crippen LogP contribution in [0.1, 0.15) is 116 Å². The number of hydrogen-bond acceptors (Lipinski definition) is 1. The Bertz CT molecular complexity index is 216. The van der Waals surface area contributed by atoms with Crippen LogP contribution >= 0.6 is 22.2 Å². The van der Waals surface area contributed by atoms with E-state index in [4.69, 9.17) is 26.6 Å². The van der Waals surface area contributed by atoms with Crippen LogP contribution in [0.5, 0.6) is 0 Å². The molecule has 0 amide bonds. The summed E-state index contributed by atoms with van der Waals surface area (Å²) >= 11 is 11.3. The first-order chi connectivity index (χ1) is 11.3. The van der Waals surface area contributed by atoms with E-state index in [9.17, 15) is 0 Å². The van der Waals surface area contributed by atoms with Crippen LogP contribution in [0, 0.1) is 0 Å². The van der Waals surface area contributed by atoms with Gasteiger partial charge >= 0.3 is 7.66 Å². The van der Waals surface area contributed by atoms with Gasteiger partial charge in [-0.2, -0.15) is 0 Å². The van der Waals surface area contributed by atoms with E-state index < -0.39 is 7.66 Å². The molecule has 4 heteroatoms. The number of unbranched alkanes of at least 4 members (excludes halogenated alkanes) is 16. The summed E-state index contributed by atoms with van der Waals surface area (Å²) in [5, 5.41) is 0. The number of halogens is 2. The van der Waals surface area contributed by atoms with Crippen molar-refractivity contribution in [3.05, 3.63) is 0 Å². The van der Waals surface area contributed by atoms with E-state index >= 15 is 0 Å². The predicted octanol–water partition coefficient (Wildman–Crippen LogP) is 7.85. The molecule has 0 saturated carbocycles. The lowest BCUT2D eigenvalue weighted by Crippen LogP contribution is -2.03. The van der Waals surface area contributed by atoms with Crippen molar-refractivity contribution in [2.24, 2.45) is 0 Å². The van der Waals surface area contributed by atoms with Gasteiger partial charge in [0, 0.05) is 6.61 Å². The van der Waals surface area contributed by atoms with E-state index in [0.29, 0.717) is 0 Å². The fourth-order valence-electron chi connectivity index (χ4n) is 3.00. The van der Waals surface area contributed by atoms with Crippen molar-refractivity contribution in [3.63, 3.8) is 0 Å². The topological polar surface area (TPSA) is 9.23 Å². The second-order valence-electron chi connectivity index (χ2n) is 6.79. The molecule has 0 aromatic rings. The maximum atomic E-state index is 5.64. The van der Waals surface area contributed by atoms with Crippen molar-refractivity contribution in [2.75, 3.05) is 6.61 Å². The molecule has 0 radical (unpaired) electrons. The molecule has 0 aromatic heterocycles. The molecule has 0 aromatic carbocycles. The number of rotatable bonds is 19. The SMILES string of the molecule is CCCCCCCCCCCCCCCCCCCO[SiH](Cl)Cl. The maximum absolute atomic E-state index is 5.64. The van der Waals surface area contributed by atoms with Gasteiger partial charge in [-0.05, 0) is 6.42 Å². The summed E-state index contributed by atoms with van der Waals surface area (Å²) in [5.41, 5.74) is 0. The Morgan fingerprint density at radius 1 is 0.522 bits per heavy atom. The Hall–Kier alpha value is 0.757. The second-order valence-corrected chi connectivity index (χ2v) is 10.7. The molecule has 1 nitrogen and oxygen atoms in total. The Morgan fingerprint density at radius 2 is 0.826 bits per heavy atom. The lowest BCUT2D eigenvalue weighted by atomic mass is 10.0. The lowest BCUT2D eigenvalue weighted by molar-refractivity contribution is 0.324. The third-order valence-electron chi connectivity index (χ3n) is 4.49. The van der Waals surface area contributed by atoms with Crippen LogP contribution in [0.25, 0.3) is 0 Å². The molecule has 140 valence electrons. The summed E-state index contributed by atoms with van der Waals surface area (Å²) in [6.07, 6.45) is 23.8. The largest absolute Gasteiger partial charge is 0.395 e. The minimum absolute atomic E-state index is 0.752. The summed E-state index contributed by atoms with van der Waals surface area (Å²) in [6.45, 7) is 3.04. The van der Waals surface area contributed by atoms with Gasteiger partial charge in [-0.15, -0.1) is 22.2 Å². The highest BCUT2D eigenvalue weighted by Gasteiger charge is 2.00. The monoisotopic (exact) mass is 382 g/mol. The van der Waals surface area contributed by atoms with Gasteiger partial charge in [0.25, 0.3) is 0 Å². The zero-order valence-electron chi connectivity index (χ0n) is 15.5. The van der Waals surface area contributed by atoms with Crippen molar-refractivity contribution in [3.8, 4) is 0 Å². The maximum Gasteiger partial charge on any atom is 0.373 e. The van der Waals surface area contributed by atoms with Crippen LogP contribution < -0.4 is 0 Å². The molecule has 0 N–H and O–H groups in total. The molecule has 0 unspecified atom stereocenters. The van der Waals surface area contributed by atoms with Gasteiger partial charge in [0.05, 0.1) is 0 Å². The molecular formula is C19H40Cl2OSi. The molecule has 0 aliphatic heterocycles. The zero-order chi connectivity index (χ0) is 17.0. The van der Waals surface area contributed by atoms with Crippen LogP contribution in [0.15, 0.2) is 0 Å². The van der Waals surface area contributed by atoms with Gasteiger partial charge in [0.15, 0.2) is 0 Å². The summed E-state index contributed by atoms with van der Waals surface area (Å²) in [7, 11) is -1.82. The average molecular weight is 384 g/mol. The Kier molecular flexibility index (Phi) is 21.5. The molecule has 0 bridgehead atoms. The van der Waals surface area contributed by atoms with Crippen LogP contribution in [0.4, 0.5) is 0 Å². The highest BCUT2D eigenvalue weighted by molar-refractivity contribution is 7.30. The molecule has 0 aliphatic carbocycles. The summed E-state index contributed by atoms with van der Waals surface area (Å²) in [4.78, 5) is 0. The summed E-state index contributed by atoms with van der Waals surface area (Å²) in [5.74, 6) is 0. The fourth-order valence-corrected chi connectivity index (χ4v) is 3.88. The molecular weight excluding hydrogens is 343 g/mol. The van der Waals surface area contributed by atoms with Crippen LogP contribution in [-0.2, 0) is 4.43 Å². The standard InChI is InChI=1S/C19H40Cl2OSi/c1-2-3-4-5-6-7-8-9-10-11-12-13-14-15-16-17-18-19-22-23(20)21/h23H,2-19H2,1H3.